The summed E-state index contributed by atoms with van der Waals surface area (Å²) < 4.78 is 4.93. The van der Waals surface area contributed by atoms with Gasteiger partial charge < -0.3 is 15.0 Å². The van der Waals surface area contributed by atoms with E-state index in [1.54, 1.807) is 14.0 Å². The van der Waals surface area contributed by atoms with Crippen LogP contribution in [0.3, 0.4) is 0 Å². The normalized spacial score (nSPS) is 24.9. The molecule has 1 fully saturated rings. The minimum atomic E-state index is -0.339. The molecule has 2 unspecified atom stereocenters. The maximum absolute atomic E-state index is 11.4. The van der Waals surface area contributed by atoms with E-state index in [-0.39, 0.29) is 12.0 Å². The van der Waals surface area contributed by atoms with Gasteiger partial charge in [-0.3, -0.25) is 4.79 Å². The second-order valence-corrected chi connectivity index (χ2v) is 4.04. The lowest BCUT2D eigenvalue weighted by Gasteiger charge is -2.14. The summed E-state index contributed by atoms with van der Waals surface area (Å²) in [6.07, 6.45) is 0.840. The molecule has 1 saturated heterocycles. The van der Waals surface area contributed by atoms with Crippen LogP contribution in [0.15, 0.2) is 0 Å². The van der Waals surface area contributed by atoms with Gasteiger partial charge in [0.25, 0.3) is 0 Å². The number of likely N-dealkylation sites (tertiary alicyclic amines) is 1. The van der Waals surface area contributed by atoms with E-state index in [9.17, 15) is 4.79 Å². The van der Waals surface area contributed by atoms with Crippen molar-refractivity contribution in [3.63, 3.8) is 0 Å². The molecule has 0 bridgehead atoms. The van der Waals surface area contributed by atoms with Crippen molar-refractivity contribution in [3.05, 3.63) is 0 Å². The molecule has 1 N–H and O–H groups in total. The number of amides is 1. The third kappa shape index (κ3) is 3.27. The van der Waals surface area contributed by atoms with Gasteiger partial charge in [-0.2, -0.15) is 0 Å². The zero-order chi connectivity index (χ0) is 10.6. The van der Waals surface area contributed by atoms with E-state index in [0.29, 0.717) is 5.92 Å². The largest absolute Gasteiger partial charge is 0.372 e. The lowest BCUT2D eigenvalue weighted by Crippen LogP contribution is -2.37. The first-order valence-electron chi connectivity index (χ1n) is 5.12. The monoisotopic (exact) mass is 200 g/mol. The SMILES string of the molecule is COC(C)C(=O)NCC1CCN(C)C1. The first-order valence-corrected chi connectivity index (χ1v) is 5.12. The zero-order valence-electron chi connectivity index (χ0n) is 9.25. The highest BCUT2D eigenvalue weighted by Gasteiger charge is 2.20. The Morgan fingerprint density at radius 1 is 1.71 bits per heavy atom. The maximum Gasteiger partial charge on any atom is 0.248 e. The predicted octanol–water partition coefficient (Wildman–Crippen LogP) is 0.0892. The Morgan fingerprint density at radius 2 is 2.43 bits per heavy atom. The van der Waals surface area contributed by atoms with Gasteiger partial charge in [0, 0.05) is 20.2 Å². The molecule has 0 aromatic heterocycles. The number of nitrogens with one attached hydrogen (secondary N) is 1. The fourth-order valence-corrected chi connectivity index (χ4v) is 1.69. The van der Waals surface area contributed by atoms with Crippen molar-refractivity contribution in [1.29, 1.82) is 0 Å². The quantitative estimate of drug-likeness (QED) is 0.699. The first kappa shape index (κ1) is 11.5. The smallest absolute Gasteiger partial charge is 0.248 e. The molecular formula is C10H20N2O2. The Kier molecular flexibility index (Phi) is 4.35. The van der Waals surface area contributed by atoms with E-state index < -0.39 is 0 Å². The molecule has 4 nitrogen and oxygen atoms in total. The Morgan fingerprint density at radius 3 is 2.93 bits per heavy atom. The Hall–Kier alpha value is -0.610. The van der Waals surface area contributed by atoms with Crippen LogP contribution >= 0.6 is 0 Å². The van der Waals surface area contributed by atoms with Crippen LogP contribution in [-0.4, -0.2) is 50.7 Å². The highest BCUT2D eigenvalue weighted by molar-refractivity contribution is 5.80. The number of hydrogen-bond donors (Lipinski definition) is 1. The van der Waals surface area contributed by atoms with Gasteiger partial charge in [-0.05, 0) is 32.9 Å². The van der Waals surface area contributed by atoms with Gasteiger partial charge >= 0.3 is 0 Å². The summed E-state index contributed by atoms with van der Waals surface area (Å²) in [5.74, 6) is 0.593. The standard InChI is InChI=1S/C10H20N2O2/c1-8(14-3)10(13)11-6-9-4-5-12(2)7-9/h8-9H,4-7H2,1-3H3,(H,11,13). The highest BCUT2D eigenvalue weighted by Crippen LogP contribution is 2.12. The lowest BCUT2D eigenvalue weighted by atomic mass is 10.1. The van der Waals surface area contributed by atoms with Crippen molar-refractivity contribution in [2.24, 2.45) is 5.92 Å². The van der Waals surface area contributed by atoms with Gasteiger partial charge in [-0.25, -0.2) is 0 Å². The summed E-state index contributed by atoms with van der Waals surface area (Å²) >= 11 is 0. The number of carbonyl (C=O) groups is 1. The van der Waals surface area contributed by atoms with E-state index >= 15 is 0 Å². The third-order valence-electron chi connectivity index (χ3n) is 2.78. The van der Waals surface area contributed by atoms with Crippen molar-refractivity contribution >= 4 is 5.91 Å². The Labute approximate surface area is 85.6 Å². The van der Waals surface area contributed by atoms with Crippen LogP contribution in [0, 0.1) is 5.92 Å². The predicted molar refractivity (Wildman–Crippen MR) is 55.1 cm³/mol. The van der Waals surface area contributed by atoms with E-state index in [1.807, 2.05) is 0 Å². The van der Waals surface area contributed by atoms with Gasteiger partial charge in [0.1, 0.15) is 6.10 Å². The van der Waals surface area contributed by atoms with Crippen molar-refractivity contribution in [2.45, 2.75) is 19.4 Å². The molecule has 0 saturated carbocycles. The molecular weight excluding hydrogens is 180 g/mol. The number of hydrogen-bond acceptors (Lipinski definition) is 3. The summed E-state index contributed by atoms with van der Waals surface area (Å²) in [4.78, 5) is 13.7. The molecule has 82 valence electrons. The second-order valence-electron chi connectivity index (χ2n) is 4.04. The zero-order valence-corrected chi connectivity index (χ0v) is 9.25. The molecule has 0 radical (unpaired) electrons. The van der Waals surface area contributed by atoms with Crippen LogP contribution in [-0.2, 0) is 9.53 Å². The Bertz CT molecular complexity index is 197. The second kappa shape index (κ2) is 5.32. The summed E-state index contributed by atoms with van der Waals surface area (Å²) in [5, 5.41) is 2.91. The number of rotatable bonds is 4. The summed E-state index contributed by atoms with van der Waals surface area (Å²) in [6.45, 7) is 4.76. The van der Waals surface area contributed by atoms with Crippen molar-refractivity contribution < 1.29 is 9.53 Å². The van der Waals surface area contributed by atoms with E-state index in [2.05, 4.69) is 17.3 Å². The molecule has 0 aromatic carbocycles. The van der Waals surface area contributed by atoms with Crippen molar-refractivity contribution in [1.82, 2.24) is 10.2 Å². The molecule has 1 rings (SSSR count). The molecule has 14 heavy (non-hydrogen) atoms. The number of methoxy groups -OCH3 is 1. The van der Waals surface area contributed by atoms with E-state index in [0.717, 1.165) is 19.6 Å². The molecule has 1 heterocycles. The Balaban J connectivity index is 2.17. The topological polar surface area (TPSA) is 41.6 Å². The van der Waals surface area contributed by atoms with Crippen LogP contribution in [0.1, 0.15) is 13.3 Å². The van der Waals surface area contributed by atoms with E-state index in [4.69, 9.17) is 4.74 Å². The van der Waals surface area contributed by atoms with Crippen molar-refractivity contribution in [3.8, 4) is 0 Å². The van der Waals surface area contributed by atoms with Crippen LogP contribution in [0.4, 0.5) is 0 Å². The first-order chi connectivity index (χ1) is 6.63. The minimum Gasteiger partial charge on any atom is -0.372 e. The van der Waals surface area contributed by atoms with Gasteiger partial charge in [0.2, 0.25) is 5.91 Å². The fourth-order valence-electron chi connectivity index (χ4n) is 1.69. The molecule has 0 aromatic rings. The number of ether oxygens (including phenoxy) is 1. The van der Waals surface area contributed by atoms with Crippen LogP contribution in [0.5, 0.6) is 0 Å². The van der Waals surface area contributed by atoms with Gasteiger partial charge in [0.15, 0.2) is 0 Å². The summed E-state index contributed by atoms with van der Waals surface area (Å²) in [5.41, 5.74) is 0. The van der Waals surface area contributed by atoms with Crippen molar-refractivity contribution in [2.75, 3.05) is 33.8 Å². The summed E-state index contributed by atoms with van der Waals surface area (Å²) in [6, 6.07) is 0. The number of carbonyl (C=O) groups excluding carboxylic acids is 1. The van der Waals surface area contributed by atoms with Crippen LogP contribution < -0.4 is 5.32 Å². The van der Waals surface area contributed by atoms with Gasteiger partial charge in [-0.15, -0.1) is 0 Å². The molecule has 1 amide bonds. The van der Waals surface area contributed by atoms with Gasteiger partial charge in [0.05, 0.1) is 0 Å². The highest BCUT2D eigenvalue weighted by atomic mass is 16.5. The lowest BCUT2D eigenvalue weighted by molar-refractivity contribution is -0.130. The molecule has 4 heteroatoms. The van der Waals surface area contributed by atoms with Crippen LogP contribution in [0.2, 0.25) is 0 Å². The molecule has 0 aliphatic carbocycles. The maximum atomic E-state index is 11.4. The van der Waals surface area contributed by atoms with Crippen LogP contribution in [0.25, 0.3) is 0 Å². The summed E-state index contributed by atoms with van der Waals surface area (Å²) in [7, 11) is 3.66. The average Bonchev–Trinajstić information content (AvgIpc) is 2.59. The minimum absolute atomic E-state index is 0.0120. The molecule has 0 spiro atoms. The molecule has 2 atom stereocenters. The average molecular weight is 200 g/mol. The fraction of sp³-hybridized carbons (Fsp3) is 0.900. The molecule has 1 aliphatic heterocycles. The molecule has 1 aliphatic rings. The number of nitrogens with zero attached hydrogens (tertiary/aromatic N) is 1. The van der Waals surface area contributed by atoms with Gasteiger partial charge in [-0.1, -0.05) is 0 Å². The van der Waals surface area contributed by atoms with E-state index in [1.165, 1.54) is 6.42 Å². The third-order valence-corrected chi connectivity index (χ3v) is 2.78.